The monoisotopic (exact) mass is 246 g/mol. The predicted octanol–water partition coefficient (Wildman–Crippen LogP) is 1.81. The van der Waals surface area contributed by atoms with Gasteiger partial charge >= 0.3 is 0 Å². The molecule has 1 atom stereocenters. The van der Waals surface area contributed by atoms with Crippen LogP contribution in [0.25, 0.3) is 0 Å². The van der Waals surface area contributed by atoms with Gasteiger partial charge in [0.2, 0.25) is 0 Å². The van der Waals surface area contributed by atoms with E-state index in [-0.39, 0.29) is 0 Å². The Hall–Kier alpha value is -1.06. The topological polar surface area (TPSA) is 24.5 Å². The summed E-state index contributed by atoms with van der Waals surface area (Å²) in [7, 11) is 2.20. The quantitative estimate of drug-likeness (QED) is 0.880. The number of benzene rings is 1. The fourth-order valence-corrected chi connectivity index (χ4v) is 2.99. The summed E-state index contributed by atoms with van der Waals surface area (Å²) in [6.07, 6.45) is 3.69. The molecule has 0 amide bonds. The van der Waals surface area contributed by atoms with Crippen LogP contribution < -0.4 is 10.1 Å². The van der Waals surface area contributed by atoms with Gasteiger partial charge in [-0.1, -0.05) is 12.1 Å². The molecule has 1 aromatic carbocycles. The van der Waals surface area contributed by atoms with Crippen LogP contribution in [0, 0.1) is 0 Å². The maximum absolute atomic E-state index is 6.08. The first kappa shape index (κ1) is 12.0. The molecule has 1 unspecified atom stereocenters. The van der Waals surface area contributed by atoms with E-state index in [0.717, 1.165) is 31.9 Å². The highest BCUT2D eigenvalue weighted by Gasteiger charge is 2.22. The molecule has 3 heteroatoms. The summed E-state index contributed by atoms with van der Waals surface area (Å²) in [6.45, 7) is 4.07. The molecule has 0 aromatic heterocycles. The molecule has 18 heavy (non-hydrogen) atoms. The molecule has 0 spiro atoms. The standard InChI is InChI=1S/C15H22N2O/c1-17-9-3-5-13(17)11-18-15-6-2-4-12-7-8-16-10-14(12)15/h2,4,6,13,16H,3,5,7-11H2,1H3. The van der Waals surface area contributed by atoms with Crippen LogP contribution in [0.15, 0.2) is 18.2 Å². The zero-order valence-electron chi connectivity index (χ0n) is 11.1. The van der Waals surface area contributed by atoms with Gasteiger partial charge in [0.25, 0.3) is 0 Å². The zero-order valence-corrected chi connectivity index (χ0v) is 11.1. The van der Waals surface area contributed by atoms with Crippen molar-refractivity contribution in [1.82, 2.24) is 10.2 Å². The van der Waals surface area contributed by atoms with Crippen molar-refractivity contribution in [2.45, 2.75) is 31.8 Å². The number of hydrogen-bond acceptors (Lipinski definition) is 3. The number of hydrogen-bond donors (Lipinski definition) is 1. The lowest BCUT2D eigenvalue weighted by atomic mass is 10.0. The molecule has 1 N–H and O–H groups in total. The molecule has 0 aliphatic carbocycles. The molecule has 1 aromatic rings. The first-order valence-corrected chi connectivity index (χ1v) is 6.99. The number of nitrogens with one attached hydrogen (secondary N) is 1. The molecule has 3 rings (SSSR count). The Morgan fingerprint density at radius 2 is 2.39 bits per heavy atom. The van der Waals surface area contributed by atoms with Gasteiger partial charge < -0.3 is 15.0 Å². The minimum Gasteiger partial charge on any atom is -0.492 e. The lowest BCUT2D eigenvalue weighted by Gasteiger charge is -2.23. The summed E-state index contributed by atoms with van der Waals surface area (Å²) in [5, 5.41) is 3.43. The Morgan fingerprint density at radius 3 is 3.22 bits per heavy atom. The maximum atomic E-state index is 6.08. The van der Waals surface area contributed by atoms with E-state index in [4.69, 9.17) is 4.74 Å². The van der Waals surface area contributed by atoms with Crippen molar-refractivity contribution in [3.05, 3.63) is 29.3 Å². The van der Waals surface area contributed by atoms with Crippen LogP contribution in [0.5, 0.6) is 5.75 Å². The highest BCUT2D eigenvalue weighted by Crippen LogP contribution is 2.26. The smallest absolute Gasteiger partial charge is 0.124 e. The van der Waals surface area contributed by atoms with Crippen LogP contribution in [0.2, 0.25) is 0 Å². The van der Waals surface area contributed by atoms with Gasteiger partial charge in [0.15, 0.2) is 0 Å². The average molecular weight is 246 g/mol. The van der Waals surface area contributed by atoms with Crippen LogP contribution in [0.3, 0.4) is 0 Å². The van der Waals surface area contributed by atoms with Gasteiger partial charge in [-0.2, -0.15) is 0 Å². The van der Waals surface area contributed by atoms with E-state index in [0.29, 0.717) is 6.04 Å². The third-order valence-corrected chi connectivity index (χ3v) is 4.21. The van der Waals surface area contributed by atoms with E-state index in [2.05, 4.69) is 35.5 Å². The third kappa shape index (κ3) is 2.38. The molecule has 3 nitrogen and oxygen atoms in total. The van der Waals surface area contributed by atoms with Gasteiger partial charge in [0.05, 0.1) is 0 Å². The minimum atomic E-state index is 0.595. The summed E-state index contributed by atoms with van der Waals surface area (Å²) >= 11 is 0. The van der Waals surface area contributed by atoms with E-state index in [1.807, 2.05) is 0 Å². The SMILES string of the molecule is CN1CCCC1COc1cccc2c1CNCC2. The molecule has 0 saturated carbocycles. The Kier molecular flexibility index (Phi) is 3.52. The fourth-order valence-electron chi connectivity index (χ4n) is 2.99. The highest BCUT2D eigenvalue weighted by molar-refractivity contribution is 5.41. The van der Waals surface area contributed by atoms with Crippen LogP contribution >= 0.6 is 0 Å². The predicted molar refractivity (Wildman–Crippen MR) is 73.0 cm³/mol. The van der Waals surface area contributed by atoms with E-state index >= 15 is 0 Å². The van der Waals surface area contributed by atoms with Crippen molar-refractivity contribution in [3.8, 4) is 5.75 Å². The van der Waals surface area contributed by atoms with E-state index < -0.39 is 0 Å². The molecule has 0 bridgehead atoms. The summed E-state index contributed by atoms with van der Waals surface area (Å²) in [5.74, 6) is 1.08. The molecule has 2 heterocycles. The first-order chi connectivity index (χ1) is 8.84. The molecule has 1 fully saturated rings. The van der Waals surface area contributed by atoms with E-state index in [9.17, 15) is 0 Å². The summed E-state index contributed by atoms with van der Waals surface area (Å²) in [6, 6.07) is 7.06. The summed E-state index contributed by atoms with van der Waals surface area (Å²) in [4.78, 5) is 2.41. The van der Waals surface area contributed by atoms with E-state index in [1.54, 1.807) is 0 Å². The largest absolute Gasteiger partial charge is 0.492 e. The van der Waals surface area contributed by atoms with Crippen molar-refractivity contribution in [1.29, 1.82) is 0 Å². The van der Waals surface area contributed by atoms with Crippen LogP contribution in [0.4, 0.5) is 0 Å². The second kappa shape index (κ2) is 5.29. The Labute approximate surface area is 109 Å². The molecular weight excluding hydrogens is 224 g/mol. The Bertz CT molecular complexity index is 419. The zero-order chi connectivity index (χ0) is 12.4. The lowest BCUT2D eigenvalue weighted by Crippen LogP contribution is -2.31. The van der Waals surface area contributed by atoms with Gasteiger partial charge in [-0.3, -0.25) is 0 Å². The van der Waals surface area contributed by atoms with Gasteiger partial charge in [-0.05, 0) is 51.0 Å². The molecule has 2 aliphatic rings. The molecule has 2 aliphatic heterocycles. The Morgan fingerprint density at radius 1 is 1.44 bits per heavy atom. The lowest BCUT2D eigenvalue weighted by molar-refractivity contribution is 0.196. The van der Waals surface area contributed by atoms with Crippen molar-refractivity contribution >= 4 is 0 Å². The fraction of sp³-hybridized carbons (Fsp3) is 0.600. The molecule has 98 valence electrons. The van der Waals surface area contributed by atoms with Crippen molar-refractivity contribution in [2.24, 2.45) is 0 Å². The Balaban J connectivity index is 1.69. The van der Waals surface area contributed by atoms with Crippen LogP contribution in [-0.4, -0.2) is 37.7 Å². The first-order valence-electron chi connectivity index (χ1n) is 6.99. The minimum absolute atomic E-state index is 0.595. The van der Waals surface area contributed by atoms with Crippen LogP contribution in [0.1, 0.15) is 24.0 Å². The third-order valence-electron chi connectivity index (χ3n) is 4.21. The van der Waals surface area contributed by atoms with Gasteiger partial charge in [0, 0.05) is 18.2 Å². The summed E-state index contributed by atoms with van der Waals surface area (Å²) < 4.78 is 6.08. The molecular formula is C15H22N2O. The number of likely N-dealkylation sites (N-methyl/N-ethyl adjacent to an activating group) is 1. The van der Waals surface area contributed by atoms with Crippen molar-refractivity contribution < 1.29 is 4.74 Å². The van der Waals surface area contributed by atoms with Gasteiger partial charge in [-0.25, -0.2) is 0 Å². The number of fused-ring (bicyclic) bond motifs is 1. The van der Waals surface area contributed by atoms with Gasteiger partial charge in [-0.15, -0.1) is 0 Å². The van der Waals surface area contributed by atoms with Crippen molar-refractivity contribution in [3.63, 3.8) is 0 Å². The highest BCUT2D eigenvalue weighted by atomic mass is 16.5. The normalized spacial score (nSPS) is 23.9. The second-order valence-electron chi connectivity index (χ2n) is 5.41. The van der Waals surface area contributed by atoms with Crippen LogP contribution in [-0.2, 0) is 13.0 Å². The molecule has 0 radical (unpaired) electrons. The second-order valence-corrected chi connectivity index (χ2v) is 5.41. The van der Waals surface area contributed by atoms with E-state index in [1.165, 1.54) is 30.5 Å². The number of likely N-dealkylation sites (tertiary alicyclic amines) is 1. The molecule has 1 saturated heterocycles. The van der Waals surface area contributed by atoms with Gasteiger partial charge in [0.1, 0.15) is 12.4 Å². The number of rotatable bonds is 3. The van der Waals surface area contributed by atoms with Crippen molar-refractivity contribution in [2.75, 3.05) is 26.7 Å². The summed E-state index contributed by atoms with van der Waals surface area (Å²) in [5.41, 5.74) is 2.82. The average Bonchev–Trinajstić information content (AvgIpc) is 2.82. The maximum Gasteiger partial charge on any atom is 0.124 e. The number of nitrogens with zero attached hydrogens (tertiary/aromatic N) is 1. The number of ether oxygens (including phenoxy) is 1.